The van der Waals surface area contributed by atoms with E-state index in [4.69, 9.17) is 39.5 Å². The molecule has 308 valence electrons. The molecule has 2 aromatic heterocycles. The summed E-state index contributed by atoms with van der Waals surface area (Å²) in [6.45, 7) is -1.89. The number of H-pyrrole nitrogens is 2. The number of phosphoric acid groups is 3. The number of nitrogens with zero attached hydrogens (tertiary/aromatic N) is 6. The van der Waals surface area contributed by atoms with Gasteiger partial charge in [0.05, 0.1) is 26.6 Å². The van der Waals surface area contributed by atoms with Crippen LogP contribution in [0, 0.1) is 0 Å². The lowest BCUT2D eigenvalue weighted by Crippen LogP contribution is -2.46. The van der Waals surface area contributed by atoms with Gasteiger partial charge < -0.3 is 74.9 Å². The molecule has 4 aliphatic heterocycles. The maximum absolute atomic E-state index is 12.7. The van der Waals surface area contributed by atoms with Crippen LogP contribution in [0.25, 0.3) is 0 Å². The second-order valence-corrected chi connectivity index (χ2v) is 17.2. The largest absolute Gasteiger partial charge is 0.490 e. The number of aliphatic hydroxyl groups excluding tert-OH is 2. The van der Waals surface area contributed by atoms with Crippen molar-refractivity contribution in [2.75, 3.05) is 85.9 Å². The van der Waals surface area contributed by atoms with Gasteiger partial charge in [0.2, 0.25) is 11.9 Å². The van der Waals surface area contributed by atoms with Crippen LogP contribution < -0.4 is 42.2 Å². The van der Waals surface area contributed by atoms with Crippen molar-refractivity contribution in [1.82, 2.24) is 19.9 Å². The highest BCUT2D eigenvalue weighted by molar-refractivity contribution is 7.66. The van der Waals surface area contributed by atoms with Crippen LogP contribution in [0.3, 0.4) is 0 Å². The average Bonchev–Trinajstić information content (AvgIpc) is 3.77. The highest BCUT2D eigenvalue weighted by atomic mass is 31.3. The Morgan fingerprint density at radius 3 is 1.44 bits per heavy atom. The Labute approximate surface area is 309 Å². The Morgan fingerprint density at radius 1 is 0.727 bits per heavy atom. The van der Waals surface area contributed by atoms with E-state index >= 15 is 0 Å². The van der Waals surface area contributed by atoms with Crippen LogP contribution in [0.5, 0.6) is 0 Å². The van der Waals surface area contributed by atoms with Crippen LogP contribution in [0.4, 0.5) is 34.9 Å². The molecular formula is C24H39N10O18P3. The van der Waals surface area contributed by atoms with Crippen LogP contribution in [0.1, 0.15) is 0 Å². The fraction of sp³-hybridized carbons (Fsp3) is 0.667. The number of hydrogen-bond donors (Lipinski definition) is 9. The van der Waals surface area contributed by atoms with Gasteiger partial charge in [-0.05, 0) is 0 Å². The molecule has 2 aromatic rings. The Kier molecular flexibility index (Phi) is 11.5. The molecule has 0 amide bonds. The van der Waals surface area contributed by atoms with Gasteiger partial charge in [0.1, 0.15) is 48.0 Å². The topological polar surface area (TPSA) is 383 Å². The minimum Gasteiger partial charge on any atom is -0.387 e. The Balaban J connectivity index is 1.04. The number of hydrogen-bond acceptors (Lipinski definition) is 23. The first-order valence-corrected chi connectivity index (χ1v) is 20.3. The van der Waals surface area contributed by atoms with Crippen molar-refractivity contribution in [2.24, 2.45) is 0 Å². The molecule has 6 rings (SSSR count). The summed E-state index contributed by atoms with van der Waals surface area (Å²) in [6, 6.07) is 0. The number of aliphatic hydroxyl groups is 2. The van der Waals surface area contributed by atoms with Gasteiger partial charge in [-0.25, -0.2) is 13.7 Å². The van der Waals surface area contributed by atoms with E-state index in [1.807, 2.05) is 0 Å². The first-order chi connectivity index (χ1) is 25.7. The van der Waals surface area contributed by atoms with Crippen LogP contribution in [0.15, 0.2) is 9.59 Å². The summed E-state index contributed by atoms with van der Waals surface area (Å²) in [5.41, 5.74) is 10.6. The zero-order valence-electron chi connectivity index (χ0n) is 29.2. The highest BCUT2D eigenvalue weighted by Crippen LogP contribution is 2.68. The molecule has 0 spiro atoms. The van der Waals surface area contributed by atoms with E-state index in [1.165, 1.54) is 33.8 Å². The quantitative estimate of drug-likeness (QED) is 0.0841. The number of methoxy groups -OCH3 is 2. The number of ether oxygens (including phenoxy) is 4. The van der Waals surface area contributed by atoms with Crippen LogP contribution in [0.2, 0.25) is 0 Å². The lowest BCUT2D eigenvalue weighted by atomic mass is 10.1. The number of nitrogens with one attached hydrogen (secondary N) is 2. The minimum atomic E-state index is -5.95. The second kappa shape index (κ2) is 15.2. The molecule has 11 atom stereocenters. The molecular weight excluding hydrogens is 809 g/mol. The van der Waals surface area contributed by atoms with Gasteiger partial charge in [0, 0.05) is 28.3 Å². The van der Waals surface area contributed by atoms with Crippen molar-refractivity contribution in [3.63, 3.8) is 0 Å². The summed E-state index contributed by atoms with van der Waals surface area (Å²) < 4.78 is 78.1. The average molecular weight is 849 g/mol. The van der Waals surface area contributed by atoms with Crippen molar-refractivity contribution >= 4 is 58.4 Å². The fourth-order valence-electron chi connectivity index (χ4n) is 6.55. The van der Waals surface area contributed by atoms with E-state index in [2.05, 4.69) is 28.6 Å². The smallest absolute Gasteiger partial charge is 0.387 e. The van der Waals surface area contributed by atoms with Crippen LogP contribution >= 0.6 is 23.5 Å². The molecule has 0 saturated carbocycles. The van der Waals surface area contributed by atoms with Crippen molar-refractivity contribution in [3.05, 3.63) is 20.7 Å². The van der Waals surface area contributed by atoms with Gasteiger partial charge in [-0.1, -0.05) is 0 Å². The number of rotatable bonds is 14. The predicted molar refractivity (Wildman–Crippen MR) is 185 cm³/mol. The summed E-state index contributed by atoms with van der Waals surface area (Å²) in [4.78, 5) is 74.3. The maximum Gasteiger partial charge on any atom is 0.490 e. The van der Waals surface area contributed by atoms with E-state index in [1.54, 1.807) is 14.1 Å². The molecule has 6 heterocycles. The number of aromatic amines is 2. The number of phosphoric ester groups is 2. The first-order valence-electron chi connectivity index (χ1n) is 15.8. The van der Waals surface area contributed by atoms with E-state index in [-0.39, 0.29) is 48.2 Å². The third-order valence-electron chi connectivity index (χ3n) is 8.83. The standard InChI is InChI=1S/C24H39N10O18P3/c1-31-7-33(17-11(31)19(37)29-23(25)27-17)21-15(45-3)13(35)9(49-21)5-47-53(39,40)51-55(43,44)52-54(41,42)48-6-10-14(36)16(46-4)22(50-10)34-8-32(2)12-18(34)28-24(26)30-20(12)38/h9-10,13-16,21-22,35-36H,5-8H2,1-4H3,(H,39,40)(H,41,42)(H,43,44)(H3,25,27,29,37)(H3,26,28,30,38)/t9-,10-,13+,14?,15?,16?,21-,22-/m1/s1. The molecule has 0 aliphatic carbocycles. The van der Waals surface area contributed by atoms with E-state index in [0.717, 1.165) is 0 Å². The molecule has 0 radical (unpaired) electrons. The molecule has 55 heavy (non-hydrogen) atoms. The van der Waals surface area contributed by atoms with Gasteiger partial charge in [-0.15, -0.1) is 0 Å². The van der Waals surface area contributed by atoms with Crippen molar-refractivity contribution < 1.29 is 75.2 Å². The monoisotopic (exact) mass is 848 g/mol. The van der Waals surface area contributed by atoms with Crippen molar-refractivity contribution in [2.45, 2.75) is 49.1 Å². The number of nitrogen functional groups attached to an aromatic ring is 2. The van der Waals surface area contributed by atoms with Gasteiger partial charge in [0.15, 0.2) is 24.1 Å². The molecule has 0 bridgehead atoms. The van der Waals surface area contributed by atoms with Crippen molar-refractivity contribution in [3.8, 4) is 0 Å². The molecule has 2 saturated heterocycles. The molecule has 6 unspecified atom stereocenters. The summed E-state index contributed by atoms with van der Waals surface area (Å²) in [7, 11) is -11.6. The highest BCUT2D eigenvalue weighted by Gasteiger charge is 2.53. The molecule has 31 heteroatoms. The van der Waals surface area contributed by atoms with Gasteiger partial charge in [-0.2, -0.15) is 18.6 Å². The van der Waals surface area contributed by atoms with Crippen LogP contribution in [-0.2, 0) is 50.3 Å². The zero-order valence-corrected chi connectivity index (χ0v) is 31.9. The van der Waals surface area contributed by atoms with E-state index in [0.29, 0.717) is 0 Å². The van der Waals surface area contributed by atoms with E-state index < -0.39 is 96.9 Å². The summed E-state index contributed by atoms with van der Waals surface area (Å²) in [6.07, 6.45) is -10.6. The number of aromatic nitrogens is 4. The zero-order chi connectivity index (χ0) is 40.4. The molecule has 0 aromatic carbocycles. The lowest BCUT2D eigenvalue weighted by Gasteiger charge is -2.29. The second-order valence-electron chi connectivity index (χ2n) is 12.5. The third kappa shape index (κ3) is 8.26. The maximum atomic E-state index is 12.7. The lowest BCUT2D eigenvalue weighted by molar-refractivity contribution is -0.0234. The van der Waals surface area contributed by atoms with Crippen LogP contribution in [-0.4, -0.2) is 149 Å². The van der Waals surface area contributed by atoms with Gasteiger partial charge in [-0.3, -0.25) is 28.6 Å². The summed E-state index contributed by atoms with van der Waals surface area (Å²) in [5.74, 6) is -0.231. The summed E-state index contributed by atoms with van der Waals surface area (Å²) in [5, 5.41) is 21.7. The molecule has 28 nitrogen and oxygen atoms in total. The Bertz CT molecular complexity index is 1910. The first kappa shape index (κ1) is 41.4. The Hall–Kier alpha value is -3.27. The SMILES string of the molecule is COC1C(O)[C@@H](COP(=O)(O)OP(=O)(O)OP(=O)(O)OC[C@H]2O[C@@H](N3CN(C)c4c3nc(N)[nH]c4=O)C(OC)[C@H]2O)O[C@H]1N1CN(C)c2c1nc(N)[nH]c2=O. The third-order valence-corrected chi connectivity index (χ3v) is 13.1. The number of nitrogens with two attached hydrogens (primary N) is 2. The normalized spacial score (nSPS) is 31.0. The fourth-order valence-corrected chi connectivity index (χ4v) is 10.1. The molecule has 2 fully saturated rings. The molecule has 11 N–H and O–H groups in total. The van der Waals surface area contributed by atoms with E-state index in [9.17, 15) is 48.2 Å². The van der Waals surface area contributed by atoms with Gasteiger partial charge >= 0.3 is 23.5 Å². The molecule has 4 aliphatic rings. The minimum absolute atomic E-state index is 0.0227. The number of fused-ring (bicyclic) bond motifs is 2. The number of anilines is 6. The predicted octanol–water partition coefficient (Wildman–Crippen LogP) is -3.29. The van der Waals surface area contributed by atoms with Gasteiger partial charge in [0.25, 0.3) is 11.1 Å². The Morgan fingerprint density at radius 2 is 1.09 bits per heavy atom. The summed E-state index contributed by atoms with van der Waals surface area (Å²) >= 11 is 0. The van der Waals surface area contributed by atoms with Crippen molar-refractivity contribution in [1.29, 1.82) is 0 Å².